The summed E-state index contributed by atoms with van der Waals surface area (Å²) >= 11 is 0. The molecular weight excluding hydrogens is 202 g/mol. The van der Waals surface area contributed by atoms with Gasteiger partial charge in [-0.3, -0.25) is 15.0 Å². The second-order valence-corrected chi connectivity index (χ2v) is 4.98. The molecule has 2 aliphatic rings. The zero-order valence-corrected chi connectivity index (χ0v) is 10.4. The Balaban J connectivity index is 1.83. The summed E-state index contributed by atoms with van der Waals surface area (Å²) in [5.74, 6) is 0.286. The minimum absolute atomic E-state index is 0.0609. The third-order valence-corrected chi connectivity index (χ3v) is 3.80. The minimum Gasteiger partial charge on any atom is -0.327 e. The zero-order chi connectivity index (χ0) is 11.5. The highest BCUT2D eigenvalue weighted by Gasteiger charge is 2.31. The molecule has 2 aliphatic heterocycles. The summed E-state index contributed by atoms with van der Waals surface area (Å²) in [4.78, 5) is 16.4. The van der Waals surface area contributed by atoms with Gasteiger partial charge >= 0.3 is 0 Å². The fraction of sp³-hybridized carbons (Fsp3) is 0.917. The summed E-state index contributed by atoms with van der Waals surface area (Å²) in [7, 11) is 0. The molecule has 2 saturated heterocycles. The monoisotopic (exact) mass is 225 g/mol. The molecule has 2 rings (SSSR count). The van der Waals surface area contributed by atoms with Gasteiger partial charge in [-0.05, 0) is 39.3 Å². The summed E-state index contributed by atoms with van der Waals surface area (Å²) in [5, 5.41) is 3.26. The average Bonchev–Trinajstić information content (AvgIpc) is 2.89. The number of hydrogen-bond donors (Lipinski definition) is 1. The van der Waals surface area contributed by atoms with E-state index in [1.807, 2.05) is 4.90 Å². The van der Waals surface area contributed by atoms with Gasteiger partial charge in [0.2, 0.25) is 5.91 Å². The van der Waals surface area contributed by atoms with E-state index in [9.17, 15) is 4.79 Å². The van der Waals surface area contributed by atoms with Crippen LogP contribution in [0.15, 0.2) is 0 Å². The van der Waals surface area contributed by atoms with Crippen molar-refractivity contribution in [2.45, 2.75) is 45.2 Å². The van der Waals surface area contributed by atoms with Crippen molar-refractivity contribution in [2.75, 3.05) is 26.3 Å². The molecule has 2 unspecified atom stereocenters. The molecule has 0 saturated carbocycles. The lowest BCUT2D eigenvalue weighted by molar-refractivity contribution is -0.129. The van der Waals surface area contributed by atoms with Crippen molar-refractivity contribution in [3.63, 3.8) is 0 Å². The first-order valence-electron chi connectivity index (χ1n) is 6.48. The van der Waals surface area contributed by atoms with E-state index in [1.54, 1.807) is 0 Å². The van der Waals surface area contributed by atoms with Crippen LogP contribution in [0.5, 0.6) is 0 Å². The van der Waals surface area contributed by atoms with E-state index in [2.05, 4.69) is 24.1 Å². The summed E-state index contributed by atoms with van der Waals surface area (Å²) in [6.45, 7) is 8.31. The molecule has 0 aromatic carbocycles. The van der Waals surface area contributed by atoms with Gasteiger partial charge in [0.25, 0.3) is 0 Å². The van der Waals surface area contributed by atoms with Crippen LogP contribution < -0.4 is 5.32 Å². The highest BCUT2D eigenvalue weighted by molar-refractivity contribution is 5.83. The first-order chi connectivity index (χ1) is 7.72. The molecule has 0 aromatic rings. The van der Waals surface area contributed by atoms with Gasteiger partial charge in [-0.15, -0.1) is 0 Å². The predicted octanol–water partition coefficient (Wildman–Crippen LogP) is 0.639. The van der Waals surface area contributed by atoms with Crippen molar-refractivity contribution in [1.29, 1.82) is 0 Å². The third-order valence-electron chi connectivity index (χ3n) is 3.80. The van der Waals surface area contributed by atoms with Gasteiger partial charge in [0.05, 0.1) is 12.7 Å². The number of hydrogen-bond acceptors (Lipinski definition) is 3. The van der Waals surface area contributed by atoms with Crippen molar-refractivity contribution < 1.29 is 4.79 Å². The Bertz CT molecular complexity index is 251. The van der Waals surface area contributed by atoms with Crippen LogP contribution in [-0.4, -0.2) is 54.1 Å². The van der Waals surface area contributed by atoms with Crippen LogP contribution in [0, 0.1) is 0 Å². The van der Waals surface area contributed by atoms with Crippen LogP contribution in [0.4, 0.5) is 0 Å². The van der Waals surface area contributed by atoms with Gasteiger partial charge in [0, 0.05) is 12.6 Å². The zero-order valence-electron chi connectivity index (χ0n) is 10.4. The molecule has 4 heteroatoms. The molecule has 92 valence electrons. The third kappa shape index (κ3) is 2.38. The van der Waals surface area contributed by atoms with Crippen LogP contribution in [0.2, 0.25) is 0 Å². The maximum Gasteiger partial charge on any atom is 0.240 e. The Morgan fingerprint density at radius 1 is 1.44 bits per heavy atom. The van der Waals surface area contributed by atoms with Gasteiger partial charge in [0.15, 0.2) is 0 Å². The first kappa shape index (κ1) is 11.9. The van der Waals surface area contributed by atoms with Crippen LogP contribution in [0.3, 0.4) is 0 Å². The number of carbonyl (C=O) groups is 1. The lowest BCUT2D eigenvalue weighted by atomic mass is 10.2. The average molecular weight is 225 g/mol. The van der Waals surface area contributed by atoms with Crippen LogP contribution in [0.25, 0.3) is 0 Å². The lowest BCUT2D eigenvalue weighted by Crippen LogP contribution is -2.42. The maximum atomic E-state index is 11.9. The number of amides is 1. The summed E-state index contributed by atoms with van der Waals surface area (Å²) in [6, 6.07) is 0.564. The maximum absolute atomic E-state index is 11.9. The topological polar surface area (TPSA) is 35.6 Å². The Morgan fingerprint density at radius 3 is 2.69 bits per heavy atom. The molecule has 0 aliphatic carbocycles. The normalized spacial score (nSPS) is 29.0. The number of likely N-dealkylation sites (tertiary alicyclic amines) is 1. The van der Waals surface area contributed by atoms with Crippen LogP contribution in [0.1, 0.15) is 33.1 Å². The molecule has 2 atom stereocenters. The van der Waals surface area contributed by atoms with Crippen molar-refractivity contribution in [3.05, 3.63) is 0 Å². The Morgan fingerprint density at radius 2 is 2.12 bits per heavy atom. The fourth-order valence-corrected chi connectivity index (χ4v) is 2.70. The molecule has 0 radical (unpaired) electrons. The number of nitrogens with zero attached hydrogens (tertiary/aromatic N) is 2. The molecule has 2 heterocycles. The van der Waals surface area contributed by atoms with Gasteiger partial charge in [-0.25, -0.2) is 0 Å². The number of nitrogens with one attached hydrogen (secondary N) is 1. The molecule has 1 amide bonds. The van der Waals surface area contributed by atoms with Crippen molar-refractivity contribution >= 4 is 5.91 Å². The Labute approximate surface area is 98.0 Å². The molecule has 2 fully saturated rings. The van der Waals surface area contributed by atoms with Gasteiger partial charge in [-0.1, -0.05) is 6.92 Å². The summed E-state index contributed by atoms with van der Waals surface area (Å²) in [6.07, 6.45) is 3.52. The van der Waals surface area contributed by atoms with Crippen LogP contribution in [-0.2, 0) is 4.79 Å². The predicted molar refractivity (Wildman–Crippen MR) is 64.1 cm³/mol. The SMILES string of the molecule is CCC1NCN(CC(C)N2CCCC2)C1=O. The molecule has 1 N–H and O–H groups in total. The van der Waals surface area contributed by atoms with E-state index in [1.165, 1.54) is 25.9 Å². The van der Waals surface area contributed by atoms with E-state index >= 15 is 0 Å². The Hall–Kier alpha value is -0.610. The van der Waals surface area contributed by atoms with E-state index in [0.717, 1.165) is 19.6 Å². The van der Waals surface area contributed by atoms with Crippen molar-refractivity contribution in [3.8, 4) is 0 Å². The molecule has 0 bridgehead atoms. The highest BCUT2D eigenvalue weighted by Crippen LogP contribution is 2.14. The summed E-state index contributed by atoms with van der Waals surface area (Å²) in [5.41, 5.74) is 0. The van der Waals surface area contributed by atoms with Gasteiger partial charge in [0.1, 0.15) is 0 Å². The second kappa shape index (κ2) is 5.15. The first-order valence-corrected chi connectivity index (χ1v) is 6.48. The van der Waals surface area contributed by atoms with Crippen molar-refractivity contribution in [1.82, 2.24) is 15.1 Å². The molecule has 16 heavy (non-hydrogen) atoms. The van der Waals surface area contributed by atoms with Gasteiger partial charge in [-0.2, -0.15) is 0 Å². The lowest BCUT2D eigenvalue weighted by Gasteiger charge is -2.28. The number of carbonyl (C=O) groups excluding carboxylic acids is 1. The quantitative estimate of drug-likeness (QED) is 0.762. The standard InChI is InChI=1S/C12H23N3O/c1-3-11-12(16)15(9-13-11)8-10(2)14-6-4-5-7-14/h10-11,13H,3-9H2,1-2H3. The van der Waals surface area contributed by atoms with E-state index in [4.69, 9.17) is 0 Å². The fourth-order valence-electron chi connectivity index (χ4n) is 2.70. The molecule has 4 nitrogen and oxygen atoms in total. The van der Waals surface area contributed by atoms with Crippen molar-refractivity contribution in [2.24, 2.45) is 0 Å². The Kier molecular flexibility index (Phi) is 3.82. The minimum atomic E-state index is 0.0609. The van der Waals surface area contributed by atoms with E-state index in [-0.39, 0.29) is 11.9 Å². The summed E-state index contributed by atoms with van der Waals surface area (Å²) < 4.78 is 0. The van der Waals surface area contributed by atoms with Crippen LogP contribution >= 0.6 is 0 Å². The largest absolute Gasteiger partial charge is 0.327 e. The highest BCUT2D eigenvalue weighted by atomic mass is 16.2. The smallest absolute Gasteiger partial charge is 0.240 e. The second-order valence-electron chi connectivity index (χ2n) is 4.98. The molecule has 0 aromatic heterocycles. The van der Waals surface area contributed by atoms with E-state index in [0.29, 0.717) is 6.04 Å². The number of rotatable bonds is 4. The molecular formula is C12H23N3O. The van der Waals surface area contributed by atoms with E-state index < -0.39 is 0 Å². The van der Waals surface area contributed by atoms with Gasteiger partial charge < -0.3 is 4.90 Å². The molecule has 0 spiro atoms.